The van der Waals surface area contributed by atoms with Gasteiger partial charge in [-0.2, -0.15) is 0 Å². The molecule has 0 saturated heterocycles. The maximum absolute atomic E-state index is 12.7. The van der Waals surface area contributed by atoms with Crippen molar-refractivity contribution in [2.45, 2.75) is 6.42 Å². The molecule has 0 aliphatic heterocycles. The summed E-state index contributed by atoms with van der Waals surface area (Å²) in [6.07, 6.45) is 3.08. The van der Waals surface area contributed by atoms with Gasteiger partial charge in [0.15, 0.2) is 0 Å². The lowest BCUT2D eigenvalue weighted by atomic mass is 10.0. The number of nitrogens with zero attached hydrogens (tertiary/aromatic N) is 1. The summed E-state index contributed by atoms with van der Waals surface area (Å²) in [4.78, 5) is 31.5. The van der Waals surface area contributed by atoms with E-state index in [1.54, 1.807) is 36.5 Å². The summed E-state index contributed by atoms with van der Waals surface area (Å²) in [6.45, 7) is 0. The maximum atomic E-state index is 12.7. The molecular formula is C17H13ClN2O3. The molecule has 0 aliphatic carbocycles. The Kier molecular flexibility index (Phi) is 4.12. The minimum atomic E-state index is -0.416. The van der Waals surface area contributed by atoms with Gasteiger partial charge in [0.2, 0.25) is 5.78 Å². The number of carbonyl (C=O) groups excluding carboxylic acids is 2. The number of H-pyrrole nitrogens is 1. The summed E-state index contributed by atoms with van der Waals surface area (Å²) in [5.74, 6) is -0.648. The molecular weight excluding hydrogens is 316 g/mol. The van der Waals surface area contributed by atoms with E-state index < -0.39 is 5.97 Å². The number of fused-ring (bicyclic) bond motifs is 1. The summed E-state index contributed by atoms with van der Waals surface area (Å²) in [5, 5.41) is 1.32. The van der Waals surface area contributed by atoms with Crippen LogP contribution >= 0.6 is 11.6 Å². The molecule has 3 rings (SSSR count). The summed E-state index contributed by atoms with van der Waals surface area (Å²) in [6, 6.07) is 8.59. The molecule has 2 aromatic heterocycles. The highest BCUT2D eigenvalue weighted by Gasteiger charge is 2.21. The van der Waals surface area contributed by atoms with E-state index in [1.165, 1.54) is 13.3 Å². The van der Waals surface area contributed by atoms with Gasteiger partial charge in [-0.25, -0.2) is 0 Å². The van der Waals surface area contributed by atoms with Crippen molar-refractivity contribution in [2.75, 3.05) is 7.11 Å². The molecule has 2 heterocycles. The second kappa shape index (κ2) is 6.22. The van der Waals surface area contributed by atoms with Crippen molar-refractivity contribution in [1.29, 1.82) is 0 Å². The molecule has 3 aromatic rings. The van der Waals surface area contributed by atoms with Gasteiger partial charge in [0, 0.05) is 39.4 Å². The van der Waals surface area contributed by atoms with E-state index in [9.17, 15) is 9.59 Å². The molecule has 5 nitrogen and oxygen atoms in total. The summed E-state index contributed by atoms with van der Waals surface area (Å²) in [5.41, 5.74) is 2.08. The molecule has 0 bridgehead atoms. The Hall–Kier alpha value is -2.66. The summed E-state index contributed by atoms with van der Waals surface area (Å²) < 4.78 is 4.73. The van der Waals surface area contributed by atoms with Crippen LogP contribution in [0.25, 0.3) is 10.9 Å². The third kappa shape index (κ3) is 2.96. The third-order valence-corrected chi connectivity index (χ3v) is 3.80. The number of hydrogen-bond donors (Lipinski definition) is 1. The van der Waals surface area contributed by atoms with Crippen molar-refractivity contribution >= 4 is 34.3 Å². The molecule has 116 valence electrons. The maximum Gasteiger partial charge on any atom is 0.310 e. The number of benzene rings is 1. The fourth-order valence-electron chi connectivity index (χ4n) is 2.46. The summed E-state index contributed by atoms with van der Waals surface area (Å²) >= 11 is 6.00. The number of aromatic nitrogens is 2. The van der Waals surface area contributed by atoms with Crippen LogP contribution < -0.4 is 0 Å². The van der Waals surface area contributed by atoms with Gasteiger partial charge >= 0.3 is 5.97 Å². The number of hydrogen-bond acceptors (Lipinski definition) is 4. The average Bonchev–Trinajstić information content (AvgIpc) is 2.92. The number of pyridine rings is 1. The smallest absolute Gasteiger partial charge is 0.310 e. The van der Waals surface area contributed by atoms with Gasteiger partial charge in [-0.15, -0.1) is 0 Å². The van der Waals surface area contributed by atoms with Crippen LogP contribution in [0.1, 0.15) is 21.6 Å². The highest BCUT2D eigenvalue weighted by atomic mass is 35.5. The first-order valence-corrected chi connectivity index (χ1v) is 7.29. The number of carbonyl (C=O) groups is 2. The number of ketones is 1. The van der Waals surface area contributed by atoms with Gasteiger partial charge in [0.25, 0.3) is 0 Å². The van der Waals surface area contributed by atoms with Crippen molar-refractivity contribution in [2.24, 2.45) is 0 Å². The first kappa shape index (κ1) is 15.2. The van der Waals surface area contributed by atoms with Gasteiger partial charge in [-0.3, -0.25) is 14.6 Å². The zero-order chi connectivity index (χ0) is 16.4. The topological polar surface area (TPSA) is 72.1 Å². The van der Waals surface area contributed by atoms with Gasteiger partial charge in [-0.05, 0) is 24.3 Å². The molecule has 6 heteroatoms. The summed E-state index contributed by atoms with van der Waals surface area (Å²) in [7, 11) is 1.32. The fourth-order valence-corrected chi connectivity index (χ4v) is 2.64. The Morgan fingerprint density at radius 3 is 2.83 bits per heavy atom. The first-order valence-electron chi connectivity index (χ1n) is 6.92. The molecule has 0 fully saturated rings. The third-order valence-electron chi connectivity index (χ3n) is 3.57. The van der Waals surface area contributed by atoms with Crippen LogP contribution in [0.4, 0.5) is 0 Å². The van der Waals surface area contributed by atoms with E-state index in [0.717, 1.165) is 5.39 Å². The molecule has 23 heavy (non-hydrogen) atoms. The van der Waals surface area contributed by atoms with Crippen molar-refractivity contribution < 1.29 is 14.3 Å². The number of methoxy groups -OCH3 is 1. The molecule has 1 aromatic carbocycles. The number of aromatic amines is 1. The van der Waals surface area contributed by atoms with E-state index >= 15 is 0 Å². The predicted octanol–water partition coefficient (Wildman–Crippen LogP) is 3.16. The Bertz CT molecular complexity index is 887. The Morgan fingerprint density at radius 2 is 2.13 bits per heavy atom. The van der Waals surface area contributed by atoms with Crippen molar-refractivity contribution in [3.8, 4) is 0 Å². The van der Waals surface area contributed by atoms with Crippen LogP contribution in [-0.2, 0) is 16.0 Å². The molecule has 0 saturated carbocycles. The van der Waals surface area contributed by atoms with E-state index in [0.29, 0.717) is 27.4 Å². The largest absolute Gasteiger partial charge is 0.469 e. The molecule has 0 aliphatic rings. The first-order chi connectivity index (χ1) is 11.1. The van der Waals surface area contributed by atoms with Crippen LogP contribution in [0.2, 0.25) is 5.02 Å². The van der Waals surface area contributed by atoms with Crippen LogP contribution in [-0.4, -0.2) is 28.8 Å². The molecule has 0 atom stereocenters. The molecule has 0 spiro atoms. The van der Waals surface area contributed by atoms with Gasteiger partial charge < -0.3 is 9.72 Å². The molecule has 1 N–H and O–H groups in total. The number of nitrogens with one attached hydrogen (secondary N) is 1. The van der Waals surface area contributed by atoms with Gasteiger partial charge in [0.1, 0.15) is 0 Å². The number of esters is 1. The lowest BCUT2D eigenvalue weighted by Crippen LogP contribution is -2.10. The Labute approximate surface area is 137 Å². The minimum Gasteiger partial charge on any atom is -0.469 e. The highest BCUT2D eigenvalue weighted by Crippen LogP contribution is 2.27. The fraction of sp³-hybridized carbons (Fsp3) is 0.118. The van der Waals surface area contributed by atoms with Crippen molar-refractivity contribution in [3.63, 3.8) is 0 Å². The standard InChI is InChI=1S/C17H13ClN2O3/c1-23-15(21)8-13-12-5-4-11(18)7-14(12)20-16(13)17(22)10-3-2-6-19-9-10/h2-7,9,20H,8H2,1H3. The zero-order valence-corrected chi connectivity index (χ0v) is 13.1. The lowest BCUT2D eigenvalue weighted by Gasteiger charge is -2.03. The number of rotatable bonds is 4. The highest BCUT2D eigenvalue weighted by molar-refractivity contribution is 6.31. The van der Waals surface area contributed by atoms with Gasteiger partial charge in [0.05, 0.1) is 19.2 Å². The second-order valence-corrected chi connectivity index (χ2v) is 5.43. The zero-order valence-electron chi connectivity index (χ0n) is 12.3. The van der Waals surface area contributed by atoms with E-state index in [-0.39, 0.29) is 12.2 Å². The van der Waals surface area contributed by atoms with Crippen molar-refractivity contribution in [1.82, 2.24) is 9.97 Å². The SMILES string of the molecule is COC(=O)Cc1c(C(=O)c2cccnc2)[nH]c2cc(Cl)ccc12. The number of halogens is 1. The monoisotopic (exact) mass is 328 g/mol. The lowest BCUT2D eigenvalue weighted by molar-refractivity contribution is -0.139. The van der Waals surface area contributed by atoms with Crippen LogP contribution in [0.3, 0.4) is 0 Å². The predicted molar refractivity (Wildman–Crippen MR) is 86.7 cm³/mol. The molecule has 0 amide bonds. The average molecular weight is 329 g/mol. The normalized spacial score (nSPS) is 10.7. The Balaban J connectivity index is 2.16. The quantitative estimate of drug-likeness (QED) is 0.590. The Morgan fingerprint density at radius 1 is 1.30 bits per heavy atom. The second-order valence-electron chi connectivity index (χ2n) is 4.99. The van der Waals surface area contributed by atoms with Crippen molar-refractivity contribution in [3.05, 3.63) is 64.6 Å². The minimum absolute atomic E-state index is 0.000528. The van der Waals surface area contributed by atoms with E-state index in [1.807, 2.05) is 0 Å². The van der Waals surface area contributed by atoms with Gasteiger partial charge in [-0.1, -0.05) is 17.7 Å². The molecule has 0 unspecified atom stereocenters. The van der Waals surface area contributed by atoms with E-state index in [2.05, 4.69) is 9.97 Å². The molecule has 0 radical (unpaired) electrons. The number of ether oxygens (including phenoxy) is 1. The van der Waals surface area contributed by atoms with Crippen LogP contribution in [0.15, 0.2) is 42.7 Å². The van der Waals surface area contributed by atoms with Crippen LogP contribution in [0, 0.1) is 0 Å². The van der Waals surface area contributed by atoms with E-state index in [4.69, 9.17) is 16.3 Å². The van der Waals surface area contributed by atoms with Crippen LogP contribution in [0.5, 0.6) is 0 Å².